The molecule has 1 aliphatic rings. The largest absolute Gasteiger partial charge is 0.119 e. The van der Waals surface area contributed by atoms with Gasteiger partial charge in [-0.2, -0.15) is 0 Å². The van der Waals surface area contributed by atoms with Crippen molar-refractivity contribution in [3.05, 3.63) is 11.1 Å². The molecule has 4 unspecified atom stereocenters. The summed E-state index contributed by atoms with van der Waals surface area (Å²) in [6.45, 7) is 8.05. The number of alkyl halides is 2. The van der Waals surface area contributed by atoms with Crippen LogP contribution in [0.5, 0.6) is 0 Å². The van der Waals surface area contributed by atoms with Crippen molar-refractivity contribution in [2.24, 2.45) is 11.8 Å². The number of allylic oxidation sites excluding steroid dienone is 2. The molecule has 4 atom stereocenters. The molecule has 76 valence electrons. The minimum absolute atomic E-state index is 0.164. The second-order valence-corrected chi connectivity index (χ2v) is 6.34. The van der Waals surface area contributed by atoms with E-state index in [0.717, 1.165) is 5.03 Å². The van der Waals surface area contributed by atoms with Crippen molar-refractivity contribution in [3.8, 4) is 0 Å². The molecule has 0 N–H and O–H groups in total. The second kappa shape index (κ2) is 3.32. The Labute approximate surface area is 95.2 Å². The molecule has 0 amide bonds. The van der Waals surface area contributed by atoms with E-state index < -0.39 is 4.87 Å². The third kappa shape index (κ3) is 1.86. The Morgan fingerprint density at radius 3 is 2.15 bits per heavy atom. The van der Waals surface area contributed by atoms with Crippen LogP contribution in [-0.4, -0.2) is 9.75 Å². The highest BCUT2D eigenvalue weighted by molar-refractivity contribution is 6.34. The van der Waals surface area contributed by atoms with Crippen molar-refractivity contribution in [2.45, 2.75) is 37.4 Å². The molecule has 0 bridgehead atoms. The molecule has 13 heavy (non-hydrogen) atoms. The fraction of sp³-hybridized carbons (Fsp3) is 0.800. The van der Waals surface area contributed by atoms with Crippen LogP contribution < -0.4 is 0 Å². The summed E-state index contributed by atoms with van der Waals surface area (Å²) in [5, 5.41) is 0.771. The summed E-state index contributed by atoms with van der Waals surface area (Å²) in [4.78, 5) is -0.789. The molecule has 0 radical (unpaired) electrons. The van der Waals surface area contributed by atoms with E-state index in [9.17, 15) is 0 Å². The van der Waals surface area contributed by atoms with Crippen molar-refractivity contribution in [1.29, 1.82) is 0 Å². The zero-order chi connectivity index (χ0) is 10.4. The van der Waals surface area contributed by atoms with Gasteiger partial charge < -0.3 is 0 Å². The molecule has 0 aliphatic heterocycles. The summed E-state index contributed by atoms with van der Waals surface area (Å²) in [6, 6.07) is 0. The average molecular weight is 242 g/mol. The normalized spacial score (nSPS) is 51.8. The summed E-state index contributed by atoms with van der Waals surface area (Å²) in [5.74, 6) is 0.360. The van der Waals surface area contributed by atoms with Gasteiger partial charge in [0.25, 0.3) is 0 Å². The lowest BCUT2D eigenvalue weighted by Gasteiger charge is -2.45. The smallest absolute Gasteiger partial charge is 0.0654 e. The lowest BCUT2D eigenvalue weighted by molar-refractivity contribution is 0.292. The first kappa shape index (κ1) is 11.7. The predicted octanol–water partition coefficient (Wildman–Crippen LogP) is 4.39. The first-order chi connectivity index (χ1) is 5.69. The van der Waals surface area contributed by atoms with Crippen molar-refractivity contribution >= 4 is 34.8 Å². The van der Waals surface area contributed by atoms with Gasteiger partial charge in [0, 0.05) is 11.0 Å². The fourth-order valence-corrected chi connectivity index (χ4v) is 3.03. The summed E-state index contributed by atoms with van der Waals surface area (Å²) >= 11 is 18.9. The van der Waals surface area contributed by atoms with Gasteiger partial charge in [-0.25, -0.2) is 0 Å². The highest BCUT2D eigenvalue weighted by atomic mass is 35.5. The van der Waals surface area contributed by atoms with E-state index >= 15 is 0 Å². The Hall–Kier alpha value is 0.610. The SMILES string of the molecule is CC1C(Cl)=CC(C)(Cl)C(C)C1(C)Cl. The molecular weight excluding hydrogens is 226 g/mol. The third-order valence-corrected chi connectivity index (χ3v) is 4.90. The first-order valence-electron chi connectivity index (χ1n) is 4.45. The Morgan fingerprint density at radius 2 is 1.69 bits per heavy atom. The minimum Gasteiger partial charge on any atom is -0.119 e. The zero-order valence-corrected chi connectivity index (χ0v) is 10.6. The lowest BCUT2D eigenvalue weighted by Crippen LogP contribution is -2.47. The Bertz CT molecular complexity index is 241. The van der Waals surface area contributed by atoms with Gasteiger partial charge in [0.05, 0.1) is 9.75 Å². The first-order valence-corrected chi connectivity index (χ1v) is 5.59. The van der Waals surface area contributed by atoms with Crippen molar-refractivity contribution in [2.75, 3.05) is 0 Å². The predicted molar refractivity (Wildman–Crippen MR) is 60.8 cm³/mol. The van der Waals surface area contributed by atoms with Crippen molar-refractivity contribution in [3.63, 3.8) is 0 Å². The van der Waals surface area contributed by atoms with Crippen molar-refractivity contribution < 1.29 is 0 Å². The summed E-state index contributed by atoms with van der Waals surface area (Å²) < 4.78 is 0. The second-order valence-electron chi connectivity index (χ2n) is 4.28. The molecule has 0 aromatic heterocycles. The van der Waals surface area contributed by atoms with E-state index in [1.807, 2.05) is 26.8 Å². The molecule has 0 aromatic carbocycles. The molecule has 0 aromatic rings. The monoisotopic (exact) mass is 240 g/mol. The zero-order valence-electron chi connectivity index (χ0n) is 8.37. The molecule has 0 nitrogen and oxygen atoms in total. The molecule has 0 heterocycles. The van der Waals surface area contributed by atoms with E-state index in [2.05, 4.69) is 6.92 Å². The van der Waals surface area contributed by atoms with Gasteiger partial charge >= 0.3 is 0 Å². The molecular formula is C10H15Cl3. The van der Waals surface area contributed by atoms with Crippen LogP contribution in [0.3, 0.4) is 0 Å². The van der Waals surface area contributed by atoms with E-state index in [4.69, 9.17) is 34.8 Å². The van der Waals surface area contributed by atoms with Crippen molar-refractivity contribution in [1.82, 2.24) is 0 Å². The van der Waals surface area contributed by atoms with Crippen LogP contribution in [0.25, 0.3) is 0 Å². The van der Waals surface area contributed by atoms with Crippen LogP contribution in [0, 0.1) is 11.8 Å². The Kier molecular flexibility index (Phi) is 2.99. The maximum Gasteiger partial charge on any atom is 0.0654 e. The van der Waals surface area contributed by atoms with Crippen LogP contribution in [0.4, 0.5) is 0 Å². The van der Waals surface area contributed by atoms with E-state index in [-0.39, 0.29) is 16.7 Å². The van der Waals surface area contributed by atoms with Crippen LogP contribution in [0.2, 0.25) is 0 Å². The van der Waals surface area contributed by atoms with Crippen LogP contribution >= 0.6 is 34.8 Å². The topological polar surface area (TPSA) is 0 Å². The standard InChI is InChI=1S/C10H15Cl3/c1-6-8(11)5-9(3,12)7(2)10(6,4)13/h5-7H,1-4H3. The van der Waals surface area contributed by atoms with Crippen LogP contribution in [0.15, 0.2) is 11.1 Å². The molecule has 1 aliphatic carbocycles. The van der Waals surface area contributed by atoms with Gasteiger partial charge in [0.2, 0.25) is 0 Å². The minimum atomic E-state index is -0.430. The Morgan fingerprint density at radius 1 is 1.23 bits per heavy atom. The Balaban J connectivity index is 3.16. The van der Waals surface area contributed by atoms with Gasteiger partial charge in [0.15, 0.2) is 0 Å². The quantitative estimate of drug-likeness (QED) is 0.552. The average Bonchev–Trinajstić information content (AvgIpc) is 1.98. The summed E-state index contributed by atoms with van der Waals surface area (Å²) in [6.07, 6.45) is 1.91. The number of hydrogen-bond acceptors (Lipinski definition) is 0. The lowest BCUT2D eigenvalue weighted by atomic mass is 9.72. The van der Waals surface area contributed by atoms with E-state index in [1.165, 1.54) is 0 Å². The van der Waals surface area contributed by atoms with Gasteiger partial charge in [-0.3, -0.25) is 0 Å². The molecule has 0 fully saturated rings. The van der Waals surface area contributed by atoms with Gasteiger partial charge in [-0.05, 0) is 25.8 Å². The van der Waals surface area contributed by atoms with Gasteiger partial charge in [0.1, 0.15) is 0 Å². The number of halogens is 3. The number of rotatable bonds is 0. The van der Waals surface area contributed by atoms with Gasteiger partial charge in [-0.15, -0.1) is 23.2 Å². The molecule has 0 spiro atoms. The molecule has 0 saturated carbocycles. The maximum atomic E-state index is 6.44. The summed E-state index contributed by atoms with van der Waals surface area (Å²) in [5.41, 5.74) is 0. The number of hydrogen-bond donors (Lipinski definition) is 0. The van der Waals surface area contributed by atoms with Crippen LogP contribution in [-0.2, 0) is 0 Å². The molecule has 1 rings (SSSR count). The highest BCUT2D eigenvalue weighted by Gasteiger charge is 2.48. The highest BCUT2D eigenvalue weighted by Crippen LogP contribution is 2.50. The molecule has 3 heteroatoms. The fourth-order valence-electron chi connectivity index (χ4n) is 1.72. The maximum absolute atomic E-state index is 6.44. The van der Waals surface area contributed by atoms with Gasteiger partial charge in [-0.1, -0.05) is 25.4 Å². The van der Waals surface area contributed by atoms with E-state index in [1.54, 1.807) is 0 Å². The third-order valence-electron chi connectivity index (χ3n) is 3.37. The van der Waals surface area contributed by atoms with E-state index in [0.29, 0.717) is 0 Å². The molecule has 0 saturated heterocycles. The summed E-state index contributed by atoms with van der Waals surface area (Å²) in [7, 11) is 0. The van der Waals surface area contributed by atoms with Crippen LogP contribution in [0.1, 0.15) is 27.7 Å².